The molecule has 0 bridgehead atoms. The number of aliphatic carboxylic acids is 1. The first-order chi connectivity index (χ1) is 10.6. The quantitative estimate of drug-likeness (QED) is 0.827. The van der Waals surface area contributed by atoms with Crippen molar-refractivity contribution in [1.29, 1.82) is 0 Å². The highest BCUT2D eigenvalue weighted by Gasteiger charge is 2.27. The second-order valence-corrected chi connectivity index (χ2v) is 7.72. The first-order valence-electron chi connectivity index (χ1n) is 7.25. The van der Waals surface area contributed by atoms with Crippen LogP contribution in [0.25, 0.3) is 0 Å². The maximum absolute atomic E-state index is 12.2. The summed E-state index contributed by atoms with van der Waals surface area (Å²) in [6, 6.07) is 4.31. The van der Waals surface area contributed by atoms with E-state index in [4.69, 9.17) is 5.11 Å². The fraction of sp³-hybridized carbons (Fsp3) is 0.467. The van der Waals surface area contributed by atoms with E-state index in [1.807, 2.05) is 0 Å². The fourth-order valence-electron chi connectivity index (χ4n) is 2.49. The molecule has 1 aromatic rings. The number of nitrogens with zero attached hydrogens (tertiary/aromatic N) is 1. The molecule has 2 unspecified atom stereocenters. The third-order valence-electron chi connectivity index (χ3n) is 4.09. The normalized spacial score (nSPS) is 16.6. The Kier molecular flexibility index (Phi) is 4.65. The van der Waals surface area contributed by atoms with Crippen LogP contribution < -0.4 is 9.62 Å². The molecule has 1 aliphatic rings. The number of nitrogens with one attached hydrogen (secondary N) is 1. The van der Waals surface area contributed by atoms with E-state index in [1.54, 1.807) is 25.1 Å². The summed E-state index contributed by atoms with van der Waals surface area (Å²) in [4.78, 5) is 23.2. The molecule has 8 heteroatoms. The summed E-state index contributed by atoms with van der Waals surface area (Å²) in [5, 5.41) is 11.6. The van der Waals surface area contributed by atoms with Gasteiger partial charge in [0.1, 0.15) is 0 Å². The summed E-state index contributed by atoms with van der Waals surface area (Å²) < 4.78 is 24.7. The lowest BCUT2D eigenvalue weighted by molar-refractivity contribution is -0.141. The number of carboxylic acid groups (broad SMARTS) is 1. The summed E-state index contributed by atoms with van der Waals surface area (Å²) in [7, 11) is -3.32. The second-order valence-electron chi connectivity index (χ2n) is 5.82. The van der Waals surface area contributed by atoms with E-state index in [2.05, 4.69) is 5.32 Å². The Morgan fingerprint density at radius 2 is 1.96 bits per heavy atom. The second kappa shape index (κ2) is 6.19. The molecule has 23 heavy (non-hydrogen) atoms. The fourth-order valence-corrected chi connectivity index (χ4v) is 3.44. The van der Waals surface area contributed by atoms with Crippen LogP contribution in [0.2, 0.25) is 0 Å². The molecular formula is C15H20N2O5S. The highest BCUT2D eigenvalue weighted by Crippen LogP contribution is 2.30. The third kappa shape index (κ3) is 3.64. The molecule has 0 saturated heterocycles. The Morgan fingerprint density at radius 1 is 1.30 bits per heavy atom. The molecule has 2 N–H and O–H groups in total. The topological polar surface area (TPSA) is 104 Å². The molecule has 1 amide bonds. The van der Waals surface area contributed by atoms with Gasteiger partial charge in [-0.25, -0.2) is 8.42 Å². The minimum absolute atomic E-state index is 0.367. The molecule has 0 aromatic heterocycles. The summed E-state index contributed by atoms with van der Waals surface area (Å²) >= 11 is 0. The summed E-state index contributed by atoms with van der Waals surface area (Å²) in [6.45, 7) is 3.53. The number of benzene rings is 1. The number of sulfonamides is 1. The van der Waals surface area contributed by atoms with Crippen LogP contribution in [0.3, 0.4) is 0 Å². The Hall–Kier alpha value is -2.09. The molecule has 7 nitrogen and oxygen atoms in total. The van der Waals surface area contributed by atoms with Crippen molar-refractivity contribution >= 4 is 27.6 Å². The number of hydrogen-bond acceptors (Lipinski definition) is 4. The molecule has 2 rings (SSSR count). The van der Waals surface area contributed by atoms with Crippen LogP contribution in [-0.2, 0) is 21.2 Å². The Labute approximate surface area is 135 Å². The van der Waals surface area contributed by atoms with Crippen LogP contribution in [0.5, 0.6) is 0 Å². The minimum atomic E-state index is -3.32. The van der Waals surface area contributed by atoms with Crippen molar-refractivity contribution in [2.45, 2.75) is 26.3 Å². The molecule has 2 atom stereocenters. The molecule has 126 valence electrons. The number of carbonyl (C=O) groups excluding carboxylic acids is 1. The largest absolute Gasteiger partial charge is 0.481 e. The van der Waals surface area contributed by atoms with Gasteiger partial charge >= 0.3 is 5.97 Å². The average Bonchev–Trinajstić information content (AvgIpc) is 2.88. The van der Waals surface area contributed by atoms with Gasteiger partial charge in [-0.1, -0.05) is 0 Å². The van der Waals surface area contributed by atoms with Crippen LogP contribution in [0.4, 0.5) is 5.69 Å². The van der Waals surface area contributed by atoms with Crippen LogP contribution in [-0.4, -0.2) is 44.2 Å². The van der Waals surface area contributed by atoms with Crippen molar-refractivity contribution in [2.75, 3.05) is 17.1 Å². The van der Waals surface area contributed by atoms with Crippen LogP contribution in [0.1, 0.15) is 29.8 Å². The Balaban J connectivity index is 2.17. The van der Waals surface area contributed by atoms with Gasteiger partial charge in [0, 0.05) is 18.2 Å². The molecule has 0 saturated carbocycles. The zero-order valence-corrected chi connectivity index (χ0v) is 14.1. The van der Waals surface area contributed by atoms with Crippen LogP contribution in [0.15, 0.2) is 18.2 Å². The minimum Gasteiger partial charge on any atom is -0.481 e. The number of carboxylic acids is 1. The Bertz CT molecular complexity index is 744. The van der Waals surface area contributed by atoms with E-state index in [-0.39, 0.29) is 5.91 Å². The zero-order valence-electron chi connectivity index (χ0n) is 13.2. The lowest BCUT2D eigenvalue weighted by Crippen LogP contribution is -2.40. The van der Waals surface area contributed by atoms with Gasteiger partial charge in [0.25, 0.3) is 5.91 Å². The van der Waals surface area contributed by atoms with Gasteiger partial charge in [0.05, 0.1) is 17.9 Å². The van der Waals surface area contributed by atoms with Crippen molar-refractivity contribution in [3.8, 4) is 0 Å². The van der Waals surface area contributed by atoms with Gasteiger partial charge in [0.15, 0.2) is 0 Å². The SMILES string of the molecule is CC(NC(=O)c1ccc2c(c1)CCN2S(C)(=O)=O)C(C)C(=O)O. The van der Waals surface area contributed by atoms with Crippen molar-refractivity contribution in [1.82, 2.24) is 5.32 Å². The lowest BCUT2D eigenvalue weighted by atomic mass is 10.0. The number of carbonyl (C=O) groups is 2. The molecule has 1 aromatic carbocycles. The van der Waals surface area contributed by atoms with Crippen molar-refractivity contribution in [2.24, 2.45) is 5.92 Å². The maximum Gasteiger partial charge on any atom is 0.308 e. The predicted molar refractivity (Wildman–Crippen MR) is 86.1 cm³/mol. The van der Waals surface area contributed by atoms with Crippen molar-refractivity contribution < 1.29 is 23.1 Å². The van der Waals surface area contributed by atoms with Crippen LogP contribution >= 0.6 is 0 Å². The highest BCUT2D eigenvalue weighted by atomic mass is 32.2. The number of fused-ring (bicyclic) bond motifs is 1. The van der Waals surface area contributed by atoms with E-state index < -0.39 is 28.0 Å². The third-order valence-corrected chi connectivity index (χ3v) is 5.27. The standard InChI is InChI=1S/C15H20N2O5S/c1-9(15(19)20)10(2)16-14(18)12-4-5-13-11(8-12)6-7-17(13)23(3,21)22/h4-5,8-10H,6-7H2,1-3H3,(H,16,18)(H,19,20). The molecule has 1 aliphatic heterocycles. The maximum atomic E-state index is 12.2. The molecular weight excluding hydrogens is 320 g/mol. The average molecular weight is 340 g/mol. The van der Waals surface area contributed by atoms with E-state index in [0.29, 0.717) is 24.2 Å². The number of anilines is 1. The molecule has 0 fully saturated rings. The first kappa shape index (κ1) is 17.3. The summed E-state index contributed by atoms with van der Waals surface area (Å²) in [6.07, 6.45) is 1.70. The molecule has 0 spiro atoms. The smallest absolute Gasteiger partial charge is 0.308 e. The van der Waals surface area contributed by atoms with E-state index >= 15 is 0 Å². The highest BCUT2D eigenvalue weighted by molar-refractivity contribution is 7.92. The van der Waals surface area contributed by atoms with Crippen molar-refractivity contribution in [3.05, 3.63) is 29.3 Å². The monoisotopic (exact) mass is 340 g/mol. The summed E-state index contributed by atoms with van der Waals surface area (Å²) in [5.74, 6) is -2.05. The van der Waals surface area contributed by atoms with Gasteiger partial charge < -0.3 is 10.4 Å². The van der Waals surface area contributed by atoms with E-state index in [0.717, 1.165) is 11.8 Å². The lowest BCUT2D eigenvalue weighted by Gasteiger charge is -2.19. The van der Waals surface area contributed by atoms with Gasteiger partial charge in [-0.2, -0.15) is 0 Å². The molecule has 1 heterocycles. The van der Waals surface area contributed by atoms with Gasteiger partial charge in [-0.3, -0.25) is 13.9 Å². The number of amides is 1. The van der Waals surface area contributed by atoms with Gasteiger partial charge in [-0.15, -0.1) is 0 Å². The summed E-state index contributed by atoms with van der Waals surface area (Å²) in [5.41, 5.74) is 1.78. The Morgan fingerprint density at radius 3 is 2.52 bits per heavy atom. The van der Waals surface area contributed by atoms with Crippen LogP contribution in [0, 0.1) is 5.92 Å². The molecule has 0 radical (unpaired) electrons. The number of hydrogen-bond donors (Lipinski definition) is 2. The van der Waals surface area contributed by atoms with Gasteiger partial charge in [0.2, 0.25) is 10.0 Å². The molecule has 0 aliphatic carbocycles. The first-order valence-corrected chi connectivity index (χ1v) is 9.10. The van der Waals surface area contributed by atoms with Crippen molar-refractivity contribution in [3.63, 3.8) is 0 Å². The van der Waals surface area contributed by atoms with E-state index in [9.17, 15) is 18.0 Å². The van der Waals surface area contributed by atoms with Gasteiger partial charge in [-0.05, 0) is 44.0 Å². The number of rotatable bonds is 5. The predicted octanol–water partition coefficient (Wildman–Crippen LogP) is 0.848. The zero-order chi connectivity index (χ0) is 17.4. The van der Waals surface area contributed by atoms with E-state index in [1.165, 1.54) is 11.2 Å².